The number of hydrogen-bond acceptors (Lipinski definition) is 5. The van der Waals surface area contributed by atoms with Crippen LogP contribution in [-0.4, -0.2) is 59.1 Å². The number of halogens is 1. The molecule has 194 valence electrons. The molecule has 0 bridgehead atoms. The zero-order chi connectivity index (χ0) is 26.1. The van der Waals surface area contributed by atoms with Crippen LogP contribution >= 0.6 is 0 Å². The molecule has 1 aliphatic heterocycles. The highest BCUT2D eigenvalue weighted by atomic mass is 19.1. The van der Waals surface area contributed by atoms with Crippen molar-refractivity contribution in [2.75, 3.05) is 26.2 Å². The number of morpholine rings is 1. The van der Waals surface area contributed by atoms with Gasteiger partial charge >= 0.3 is 0 Å². The van der Waals surface area contributed by atoms with Crippen LogP contribution in [0, 0.1) is 5.82 Å². The van der Waals surface area contributed by atoms with Crippen LogP contribution in [-0.2, 0) is 20.9 Å². The number of rotatable bonds is 11. The number of ether oxygens (including phenoxy) is 1. The van der Waals surface area contributed by atoms with Gasteiger partial charge in [-0.2, -0.15) is 0 Å². The Morgan fingerprint density at radius 1 is 1.31 bits per heavy atom. The monoisotopic (exact) mass is 497 g/mol. The lowest BCUT2D eigenvalue weighted by molar-refractivity contribution is -0.118. The Morgan fingerprint density at radius 3 is 2.81 bits per heavy atom. The number of aromatic nitrogens is 2. The molecule has 1 aromatic heterocycles. The highest BCUT2D eigenvalue weighted by molar-refractivity contribution is 6.00. The van der Waals surface area contributed by atoms with Crippen molar-refractivity contribution in [3.05, 3.63) is 64.8 Å². The maximum absolute atomic E-state index is 13.5. The fourth-order valence-corrected chi connectivity index (χ4v) is 4.37. The molecule has 1 saturated heterocycles. The smallest absolute Gasteiger partial charge is 0.271 e. The quantitative estimate of drug-likeness (QED) is 0.366. The highest BCUT2D eigenvalue weighted by Crippen LogP contribution is 2.21. The van der Waals surface area contributed by atoms with Gasteiger partial charge in [0.05, 0.1) is 24.7 Å². The van der Waals surface area contributed by atoms with E-state index in [-0.39, 0.29) is 17.7 Å². The minimum Gasteiger partial charge on any atom is -0.376 e. The van der Waals surface area contributed by atoms with E-state index in [0.29, 0.717) is 17.7 Å². The number of amides is 2. The summed E-state index contributed by atoms with van der Waals surface area (Å²) in [7, 11) is 0. The molecule has 2 amide bonds. The van der Waals surface area contributed by atoms with Gasteiger partial charge < -0.3 is 19.9 Å². The van der Waals surface area contributed by atoms with E-state index in [0.717, 1.165) is 50.6 Å². The summed E-state index contributed by atoms with van der Waals surface area (Å²) >= 11 is 0. The van der Waals surface area contributed by atoms with Crippen molar-refractivity contribution < 1.29 is 18.7 Å². The lowest BCUT2D eigenvalue weighted by Crippen LogP contribution is -2.41. The fourth-order valence-electron chi connectivity index (χ4n) is 4.37. The summed E-state index contributed by atoms with van der Waals surface area (Å²) in [4.78, 5) is 30.9. The first-order valence-corrected chi connectivity index (χ1v) is 12.3. The van der Waals surface area contributed by atoms with E-state index in [2.05, 4.69) is 45.9 Å². The summed E-state index contributed by atoms with van der Waals surface area (Å²) in [5, 5.41) is 5.18. The first-order valence-electron chi connectivity index (χ1n) is 12.3. The molecular weight excluding hydrogens is 461 g/mol. The number of carbonyl (C=O) groups is 2. The number of hydrogen-bond donors (Lipinski definition) is 2. The topological polar surface area (TPSA) is 88.5 Å². The first-order chi connectivity index (χ1) is 17.3. The van der Waals surface area contributed by atoms with E-state index in [1.807, 2.05) is 12.4 Å². The lowest BCUT2D eigenvalue weighted by Gasteiger charge is -2.31. The van der Waals surface area contributed by atoms with Gasteiger partial charge in [0.2, 0.25) is 6.41 Å². The molecule has 0 radical (unpaired) electrons. The van der Waals surface area contributed by atoms with Crippen LogP contribution in [0.3, 0.4) is 0 Å². The number of aryl methyl sites for hydroxylation is 1. The molecule has 8 nitrogen and oxygen atoms in total. The molecule has 1 atom stereocenters. The number of allylic oxidation sites excluding steroid dienone is 1. The van der Waals surface area contributed by atoms with Gasteiger partial charge in [0, 0.05) is 37.6 Å². The predicted octanol–water partition coefficient (Wildman–Crippen LogP) is 3.52. The largest absolute Gasteiger partial charge is 0.376 e. The third-order valence-electron chi connectivity index (χ3n) is 5.94. The molecule has 2 heterocycles. The second-order valence-corrected chi connectivity index (χ2v) is 9.36. The summed E-state index contributed by atoms with van der Waals surface area (Å²) in [5.74, 6) is -0.696. The van der Waals surface area contributed by atoms with Crippen LogP contribution in [0.1, 0.15) is 57.0 Å². The number of imidazole rings is 1. The highest BCUT2D eigenvalue weighted by Gasteiger charge is 2.18. The van der Waals surface area contributed by atoms with Crippen molar-refractivity contribution in [1.82, 2.24) is 25.1 Å². The molecule has 1 aromatic carbocycles. The second kappa shape index (κ2) is 13.1. The van der Waals surface area contributed by atoms with Crippen LogP contribution in [0.15, 0.2) is 42.0 Å². The minimum absolute atomic E-state index is 0.00962. The zero-order valence-corrected chi connectivity index (χ0v) is 21.5. The van der Waals surface area contributed by atoms with Gasteiger partial charge in [-0.1, -0.05) is 26.0 Å². The molecule has 1 aliphatic rings. The standard InChI is InChI=1S/C27H36FN5O3/c1-19(2)26-24(29-17-33(26)10-6-9-32-11-12-36-21(4)16-32)13-20(3)31-27(35)25(30-18-34)15-22-7-5-8-23(28)14-22/h5,7-8,13-15,17-19,21H,6,9-12,16H2,1-4H3,(H,30,34)(H,31,35)/b20-13-,25-15-/t21-/m0/s1. The Balaban J connectivity index is 1.68. The van der Waals surface area contributed by atoms with Crippen molar-refractivity contribution in [3.8, 4) is 0 Å². The number of nitrogens with zero attached hydrogens (tertiary/aromatic N) is 3. The van der Waals surface area contributed by atoms with Gasteiger partial charge in [-0.3, -0.25) is 14.5 Å². The number of benzene rings is 1. The third kappa shape index (κ3) is 7.86. The second-order valence-electron chi connectivity index (χ2n) is 9.36. The Labute approximate surface area is 212 Å². The minimum atomic E-state index is -0.509. The van der Waals surface area contributed by atoms with Crippen LogP contribution < -0.4 is 10.6 Å². The molecule has 1 fully saturated rings. The lowest BCUT2D eigenvalue weighted by atomic mass is 10.1. The van der Waals surface area contributed by atoms with Crippen molar-refractivity contribution >= 4 is 24.5 Å². The van der Waals surface area contributed by atoms with Gasteiger partial charge in [0.15, 0.2) is 0 Å². The molecule has 2 N–H and O–H groups in total. The normalized spacial score (nSPS) is 17.3. The van der Waals surface area contributed by atoms with Gasteiger partial charge in [-0.05, 0) is 56.0 Å². The molecule has 0 aliphatic carbocycles. The van der Waals surface area contributed by atoms with Gasteiger partial charge in [-0.15, -0.1) is 0 Å². The Hall–Kier alpha value is -3.30. The van der Waals surface area contributed by atoms with E-state index in [4.69, 9.17) is 4.74 Å². The van der Waals surface area contributed by atoms with E-state index in [9.17, 15) is 14.0 Å². The molecule has 0 unspecified atom stereocenters. The summed E-state index contributed by atoms with van der Waals surface area (Å²) in [6.45, 7) is 12.7. The molecule has 9 heteroatoms. The van der Waals surface area contributed by atoms with Crippen molar-refractivity contribution in [1.29, 1.82) is 0 Å². The van der Waals surface area contributed by atoms with Crippen LogP contribution in [0.4, 0.5) is 4.39 Å². The summed E-state index contributed by atoms with van der Waals surface area (Å²) in [6.07, 6.45) is 6.80. The summed E-state index contributed by atoms with van der Waals surface area (Å²) in [6, 6.07) is 5.77. The maximum atomic E-state index is 13.5. The summed E-state index contributed by atoms with van der Waals surface area (Å²) in [5.41, 5.74) is 2.94. The van der Waals surface area contributed by atoms with Crippen molar-refractivity contribution in [2.45, 2.75) is 52.7 Å². The van der Waals surface area contributed by atoms with Crippen LogP contribution in [0.25, 0.3) is 12.2 Å². The predicted molar refractivity (Wildman–Crippen MR) is 138 cm³/mol. The van der Waals surface area contributed by atoms with Crippen LogP contribution in [0.2, 0.25) is 0 Å². The zero-order valence-electron chi connectivity index (χ0n) is 21.5. The molecule has 36 heavy (non-hydrogen) atoms. The molecule has 3 rings (SSSR count). The Kier molecular flexibility index (Phi) is 9.95. The van der Waals surface area contributed by atoms with E-state index in [1.54, 1.807) is 13.0 Å². The average molecular weight is 498 g/mol. The van der Waals surface area contributed by atoms with Gasteiger partial charge in [0.25, 0.3) is 5.91 Å². The number of carbonyl (C=O) groups excluding carboxylic acids is 2. The third-order valence-corrected chi connectivity index (χ3v) is 5.94. The number of nitrogens with one attached hydrogen (secondary N) is 2. The first kappa shape index (κ1) is 27.3. The average Bonchev–Trinajstić information content (AvgIpc) is 3.21. The summed E-state index contributed by atoms with van der Waals surface area (Å²) < 4.78 is 21.3. The van der Waals surface area contributed by atoms with Crippen LogP contribution in [0.5, 0.6) is 0 Å². The van der Waals surface area contributed by atoms with Gasteiger partial charge in [-0.25, -0.2) is 9.37 Å². The molecular formula is C27H36FN5O3. The van der Waals surface area contributed by atoms with Gasteiger partial charge in [0.1, 0.15) is 11.5 Å². The van der Waals surface area contributed by atoms with E-state index in [1.165, 1.54) is 24.3 Å². The SMILES string of the molecule is C/C(=C/c1ncn(CCCN2CCO[C@@H](C)C2)c1C(C)C)NC(=O)/C(=C/c1cccc(F)c1)NC=O. The van der Waals surface area contributed by atoms with E-state index < -0.39 is 11.7 Å². The fraction of sp³-hybridized carbons (Fsp3) is 0.444. The molecule has 0 saturated carbocycles. The van der Waals surface area contributed by atoms with E-state index >= 15 is 0 Å². The van der Waals surface area contributed by atoms with Crippen molar-refractivity contribution in [3.63, 3.8) is 0 Å². The molecule has 2 aromatic rings. The Morgan fingerprint density at radius 2 is 2.11 bits per heavy atom. The maximum Gasteiger partial charge on any atom is 0.271 e. The molecule has 0 spiro atoms. The Bertz CT molecular complexity index is 1110. The van der Waals surface area contributed by atoms with Crippen molar-refractivity contribution in [2.24, 2.45) is 0 Å².